The van der Waals surface area contributed by atoms with Crippen LogP contribution in [0.3, 0.4) is 0 Å². The van der Waals surface area contributed by atoms with Crippen molar-refractivity contribution >= 4 is 0 Å². The minimum Gasteiger partial charge on any atom is -0.377 e. The lowest BCUT2D eigenvalue weighted by atomic mass is 10.3. The molecule has 0 fully saturated rings. The van der Waals surface area contributed by atoms with E-state index in [2.05, 4.69) is 13.5 Å². The molecule has 2 heteroatoms. The van der Waals surface area contributed by atoms with E-state index in [1.54, 1.807) is 0 Å². The van der Waals surface area contributed by atoms with Crippen molar-refractivity contribution in [3.8, 4) is 0 Å². The molecular formula is C9H19NO. The Kier molecular flexibility index (Phi) is 7.52. The molecule has 0 saturated carbocycles. The van der Waals surface area contributed by atoms with Crippen molar-refractivity contribution in [2.75, 3.05) is 13.2 Å². The third kappa shape index (κ3) is 6.07. The maximum atomic E-state index is 5.47. The van der Waals surface area contributed by atoms with Crippen LogP contribution in [0.4, 0.5) is 0 Å². The van der Waals surface area contributed by atoms with Crippen molar-refractivity contribution in [3.05, 3.63) is 12.7 Å². The van der Waals surface area contributed by atoms with E-state index in [-0.39, 0.29) is 6.10 Å². The molecule has 0 radical (unpaired) electrons. The second-order valence-corrected chi connectivity index (χ2v) is 2.57. The fourth-order valence-corrected chi connectivity index (χ4v) is 0.830. The summed E-state index contributed by atoms with van der Waals surface area (Å²) in [6.45, 7) is 7.16. The van der Waals surface area contributed by atoms with E-state index in [4.69, 9.17) is 10.5 Å². The van der Waals surface area contributed by atoms with Gasteiger partial charge in [-0.05, 0) is 19.3 Å². The smallest absolute Gasteiger partial charge is 0.0694 e. The largest absolute Gasteiger partial charge is 0.377 e. The summed E-state index contributed by atoms with van der Waals surface area (Å²) < 4.78 is 5.47. The number of nitrogens with two attached hydrogens (primary N) is 1. The molecule has 0 aliphatic carbocycles. The highest BCUT2D eigenvalue weighted by atomic mass is 16.5. The van der Waals surface area contributed by atoms with Gasteiger partial charge in [0.05, 0.1) is 6.10 Å². The van der Waals surface area contributed by atoms with Crippen LogP contribution in [-0.4, -0.2) is 19.3 Å². The first kappa shape index (κ1) is 10.7. The minimum absolute atomic E-state index is 0.250. The van der Waals surface area contributed by atoms with Crippen molar-refractivity contribution in [2.45, 2.75) is 32.3 Å². The lowest BCUT2D eigenvalue weighted by Gasteiger charge is -2.12. The molecule has 1 unspecified atom stereocenters. The first-order chi connectivity index (χ1) is 5.35. The first-order valence-electron chi connectivity index (χ1n) is 4.27. The van der Waals surface area contributed by atoms with Crippen LogP contribution >= 0.6 is 0 Å². The van der Waals surface area contributed by atoms with Crippen LogP contribution < -0.4 is 5.73 Å². The average Bonchev–Trinajstić information content (AvgIpc) is 2.05. The van der Waals surface area contributed by atoms with Gasteiger partial charge in [0.2, 0.25) is 0 Å². The fourth-order valence-electron chi connectivity index (χ4n) is 0.830. The second-order valence-electron chi connectivity index (χ2n) is 2.57. The zero-order valence-corrected chi connectivity index (χ0v) is 7.38. The molecular weight excluding hydrogens is 138 g/mol. The predicted octanol–water partition coefficient (Wildman–Crippen LogP) is 1.71. The predicted molar refractivity (Wildman–Crippen MR) is 48.5 cm³/mol. The molecule has 0 saturated heterocycles. The van der Waals surface area contributed by atoms with E-state index < -0.39 is 0 Å². The molecule has 0 bridgehead atoms. The van der Waals surface area contributed by atoms with Gasteiger partial charge in [0.15, 0.2) is 0 Å². The van der Waals surface area contributed by atoms with Crippen LogP contribution in [-0.2, 0) is 4.74 Å². The summed E-state index contributed by atoms with van der Waals surface area (Å²) in [4.78, 5) is 0. The van der Waals surface area contributed by atoms with Gasteiger partial charge in [-0.3, -0.25) is 0 Å². The van der Waals surface area contributed by atoms with Crippen molar-refractivity contribution in [1.29, 1.82) is 0 Å². The van der Waals surface area contributed by atoms with Crippen LogP contribution in [0.25, 0.3) is 0 Å². The van der Waals surface area contributed by atoms with Crippen LogP contribution in [0.1, 0.15) is 26.2 Å². The molecule has 11 heavy (non-hydrogen) atoms. The van der Waals surface area contributed by atoms with Gasteiger partial charge in [0.25, 0.3) is 0 Å². The van der Waals surface area contributed by atoms with Crippen LogP contribution in [0.2, 0.25) is 0 Å². The molecule has 0 aliphatic rings. The SMILES string of the molecule is C=CCCCOC(CC)CN. The number of rotatable bonds is 7. The molecule has 0 aromatic heterocycles. The Morgan fingerprint density at radius 3 is 2.82 bits per heavy atom. The Labute approximate surface area is 69.4 Å². The summed E-state index contributed by atoms with van der Waals surface area (Å²) in [5.74, 6) is 0. The molecule has 0 aliphatic heterocycles. The molecule has 0 rings (SSSR count). The van der Waals surface area contributed by atoms with Crippen molar-refractivity contribution < 1.29 is 4.74 Å². The topological polar surface area (TPSA) is 35.2 Å². The number of allylic oxidation sites excluding steroid dienone is 1. The van der Waals surface area contributed by atoms with Gasteiger partial charge in [-0.1, -0.05) is 13.0 Å². The summed E-state index contributed by atoms with van der Waals surface area (Å²) >= 11 is 0. The monoisotopic (exact) mass is 157 g/mol. The molecule has 66 valence electrons. The molecule has 2 nitrogen and oxygen atoms in total. The van der Waals surface area contributed by atoms with Gasteiger partial charge in [0, 0.05) is 13.2 Å². The Morgan fingerprint density at radius 2 is 2.36 bits per heavy atom. The van der Waals surface area contributed by atoms with Gasteiger partial charge in [0.1, 0.15) is 0 Å². The Morgan fingerprint density at radius 1 is 1.64 bits per heavy atom. The number of hydrogen-bond acceptors (Lipinski definition) is 2. The molecule has 0 spiro atoms. The van der Waals surface area contributed by atoms with E-state index in [0.717, 1.165) is 25.9 Å². The van der Waals surface area contributed by atoms with E-state index in [1.165, 1.54) is 0 Å². The number of ether oxygens (including phenoxy) is 1. The molecule has 0 amide bonds. The zero-order chi connectivity index (χ0) is 8.53. The summed E-state index contributed by atoms with van der Waals surface area (Å²) in [6.07, 6.45) is 5.25. The molecule has 1 atom stereocenters. The molecule has 0 heterocycles. The summed E-state index contributed by atoms with van der Waals surface area (Å²) in [7, 11) is 0. The van der Waals surface area contributed by atoms with Gasteiger partial charge < -0.3 is 10.5 Å². The lowest BCUT2D eigenvalue weighted by Crippen LogP contribution is -2.23. The first-order valence-corrected chi connectivity index (χ1v) is 4.27. The van der Waals surface area contributed by atoms with Crippen molar-refractivity contribution in [2.24, 2.45) is 5.73 Å². The maximum absolute atomic E-state index is 5.47. The number of unbranched alkanes of at least 4 members (excludes halogenated alkanes) is 1. The highest BCUT2D eigenvalue weighted by Gasteiger charge is 2.01. The highest BCUT2D eigenvalue weighted by Crippen LogP contribution is 1.98. The standard InChI is InChI=1S/C9H19NO/c1-3-5-6-7-11-9(4-2)8-10/h3,9H,1,4-8,10H2,2H3. The van der Waals surface area contributed by atoms with E-state index in [9.17, 15) is 0 Å². The van der Waals surface area contributed by atoms with Gasteiger partial charge in [-0.15, -0.1) is 6.58 Å². The lowest BCUT2D eigenvalue weighted by molar-refractivity contribution is 0.0555. The molecule has 0 aromatic rings. The van der Waals surface area contributed by atoms with Crippen molar-refractivity contribution in [1.82, 2.24) is 0 Å². The Hall–Kier alpha value is -0.340. The molecule has 0 aromatic carbocycles. The van der Waals surface area contributed by atoms with Gasteiger partial charge in [-0.25, -0.2) is 0 Å². The highest BCUT2D eigenvalue weighted by molar-refractivity contribution is 4.65. The average molecular weight is 157 g/mol. The fraction of sp³-hybridized carbons (Fsp3) is 0.778. The van der Waals surface area contributed by atoms with Gasteiger partial charge in [-0.2, -0.15) is 0 Å². The van der Waals surface area contributed by atoms with Crippen LogP contribution in [0.5, 0.6) is 0 Å². The van der Waals surface area contributed by atoms with E-state index in [1.807, 2.05) is 6.08 Å². The maximum Gasteiger partial charge on any atom is 0.0694 e. The quantitative estimate of drug-likeness (QED) is 0.451. The normalized spacial score (nSPS) is 12.9. The second kappa shape index (κ2) is 7.76. The summed E-state index contributed by atoms with van der Waals surface area (Å²) in [6, 6.07) is 0. The Balaban J connectivity index is 3.13. The molecule has 2 N–H and O–H groups in total. The summed E-state index contributed by atoms with van der Waals surface area (Å²) in [5.41, 5.74) is 5.45. The van der Waals surface area contributed by atoms with E-state index in [0.29, 0.717) is 6.54 Å². The third-order valence-corrected chi connectivity index (χ3v) is 1.62. The zero-order valence-electron chi connectivity index (χ0n) is 7.38. The Bertz CT molecular complexity index is 89.6. The minimum atomic E-state index is 0.250. The van der Waals surface area contributed by atoms with Crippen molar-refractivity contribution in [3.63, 3.8) is 0 Å². The third-order valence-electron chi connectivity index (χ3n) is 1.62. The van der Waals surface area contributed by atoms with Gasteiger partial charge >= 0.3 is 0 Å². The van der Waals surface area contributed by atoms with Crippen LogP contribution in [0, 0.1) is 0 Å². The number of hydrogen-bond donors (Lipinski definition) is 1. The van der Waals surface area contributed by atoms with Crippen LogP contribution in [0.15, 0.2) is 12.7 Å². The van der Waals surface area contributed by atoms with E-state index >= 15 is 0 Å². The summed E-state index contributed by atoms with van der Waals surface area (Å²) in [5, 5.41) is 0.